The molecule has 1 unspecified atom stereocenters. The summed E-state index contributed by atoms with van der Waals surface area (Å²) in [5.41, 5.74) is 2.65. The number of hydrogen-bond donors (Lipinski definition) is 3. The highest BCUT2D eigenvalue weighted by Gasteiger charge is 2.25. The van der Waals surface area contributed by atoms with Gasteiger partial charge < -0.3 is 20.7 Å². The fourth-order valence-electron chi connectivity index (χ4n) is 3.74. The lowest BCUT2D eigenvalue weighted by Crippen LogP contribution is -2.42. The lowest BCUT2D eigenvalue weighted by Gasteiger charge is -2.30. The predicted molar refractivity (Wildman–Crippen MR) is 107 cm³/mol. The van der Waals surface area contributed by atoms with Gasteiger partial charge in [0.15, 0.2) is 6.29 Å². The van der Waals surface area contributed by atoms with E-state index in [4.69, 9.17) is 4.74 Å². The van der Waals surface area contributed by atoms with Crippen molar-refractivity contribution in [3.63, 3.8) is 0 Å². The number of carbonyl (C=O) groups is 2. The van der Waals surface area contributed by atoms with E-state index >= 15 is 0 Å². The van der Waals surface area contributed by atoms with E-state index in [1.807, 2.05) is 31.4 Å². The van der Waals surface area contributed by atoms with Crippen molar-refractivity contribution in [3.8, 4) is 5.88 Å². The molecule has 2 fully saturated rings. The number of pyridine rings is 1. The third-order valence-corrected chi connectivity index (χ3v) is 5.36. The molecule has 146 valence electrons. The molecule has 4 rings (SSSR count). The van der Waals surface area contributed by atoms with Crippen LogP contribution >= 0.6 is 0 Å². The number of aromatic nitrogens is 1. The molecule has 7 nitrogen and oxygen atoms in total. The monoisotopic (exact) mass is 380 g/mol. The van der Waals surface area contributed by atoms with Gasteiger partial charge in [0.2, 0.25) is 11.8 Å². The second-order valence-electron chi connectivity index (χ2n) is 7.25. The Morgan fingerprint density at radius 3 is 2.89 bits per heavy atom. The maximum absolute atomic E-state index is 11.8. The maximum Gasteiger partial charge on any atom is 0.221 e. The van der Waals surface area contributed by atoms with E-state index in [0.29, 0.717) is 30.4 Å². The molecule has 0 saturated carbocycles. The molecule has 28 heavy (non-hydrogen) atoms. The number of fused-ring (bicyclic) bond motifs is 1. The highest BCUT2D eigenvalue weighted by atomic mass is 16.5. The number of rotatable bonds is 7. The van der Waals surface area contributed by atoms with E-state index in [1.165, 1.54) is 0 Å². The molecule has 1 aromatic heterocycles. The van der Waals surface area contributed by atoms with E-state index in [0.717, 1.165) is 47.7 Å². The molecule has 2 aliphatic heterocycles. The molecule has 2 aromatic rings. The van der Waals surface area contributed by atoms with Gasteiger partial charge in [0.25, 0.3) is 0 Å². The van der Waals surface area contributed by atoms with Crippen LogP contribution in [0.15, 0.2) is 30.6 Å². The van der Waals surface area contributed by atoms with Gasteiger partial charge in [-0.15, -0.1) is 0 Å². The summed E-state index contributed by atoms with van der Waals surface area (Å²) in [6.07, 6.45) is 5.86. The summed E-state index contributed by atoms with van der Waals surface area (Å²) in [6.45, 7) is 2.16. The molecule has 0 aliphatic carbocycles. The molecule has 7 heteroatoms. The number of amides is 1. The number of aldehydes is 1. The first-order valence-electron chi connectivity index (χ1n) is 9.58. The molecule has 1 atom stereocenters. The van der Waals surface area contributed by atoms with Crippen LogP contribution in [0.3, 0.4) is 0 Å². The van der Waals surface area contributed by atoms with Crippen LogP contribution < -0.4 is 20.7 Å². The summed E-state index contributed by atoms with van der Waals surface area (Å²) in [6, 6.07) is 5.77. The zero-order valence-corrected chi connectivity index (χ0v) is 15.8. The third kappa shape index (κ3) is 3.57. The number of benzene rings is 1. The summed E-state index contributed by atoms with van der Waals surface area (Å²) in [4.78, 5) is 27.6. The average molecular weight is 380 g/mol. The number of carbonyl (C=O) groups excluding carboxylic acids is 2. The fourth-order valence-corrected chi connectivity index (χ4v) is 3.74. The minimum atomic E-state index is 0.0130. The summed E-state index contributed by atoms with van der Waals surface area (Å²) >= 11 is 0. The highest BCUT2D eigenvalue weighted by Crippen LogP contribution is 2.33. The summed E-state index contributed by atoms with van der Waals surface area (Å²) in [7, 11) is 1.86. The maximum atomic E-state index is 11.8. The second kappa shape index (κ2) is 7.98. The van der Waals surface area contributed by atoms with E-state index in [9.17, 15) is 9.59 Å². The Morgan fingerprint density at radius 2 is 2.25 bits per heavy atom. The topological polar surface area (TPSA) is 92.3 Å². The molecule has 2 saturated heterocycles. The minimum absolute atomic E-state index is 0.0130. The van der Waals surface area contributed by atoms with Crippen molar-refractivity contribution in [2.45, 2.75) is 18.9 Å². The van der Waals surface area contributed by atoms with Crippen LogP contribution in [0.4, 0.5) is 0 Å². The smallest absolute Gasteiger partial charge is 0.221 e. The molecule has 0 spiro atoms. The number of nitrogens with zero attached hydrogens (tertiary/aromatic N) is 1. The molecule has 0 radical (unpaired) electrons. The highest BCUT2D eigenvalue weighted by molar-refractivity contribution is 5.97. The third-order valence-electron chi connectivity index (χ3n) is 5.36. The van der Waals surface area contributed by atoms with Crippen molar-refractivity contribution in [1.29, 1.82) is 0 Å². The molecule has 0 bridgehead atoms. The van der Waals surface area contributed by atoms with Gasteiger partial charge in [-0.2, -0.15) is 0 Å². The van der Waals surface area contributed by atoms with Gasteiger partial charge in [-0.1, -0.05) is 0 Å². The molecule has 3 heterocycles. The van der Waals surface area contributed by atoms with Crippen LogP contribution in [0.25, 0.3) is 16.3 Å². The number of hydrogen-bond acceptors (Lipinski definition) is 6. The van der Waals surface area contributed by atoms with Crippen molar-refractivity contribution < 1.29 is 14.3 Å². The lowest BCUT2D eigenvalue weighted by molar-refractivity contribution is -0.119. The number of nitrogens with one attached hydrogen (secondary N) is 3. The standard InChI is InChI=1S/C21H24N4O3/c1-22-10-19(15-8-23-9-15)17-7-18-13(6-14(17)11-26)4-5-24-21(18)28-12-16-2-3-20(27)25-16/h4-7,10-11,15-16,22-23H,2-3,8-9,12H2,1H3,(H,25,27)/b19-10-. The van der Waals surface area contributed by atoms with Gasteiger partial charge in [-0.05, 0) is 41.1 Å². The van der Waals surface area contributed by atoms with Gasteiger partial charge in [0.05, 0.1) is 6.04 Å². The quantitative estimate of drug-likeness (QED) is 0.630. The van der Waals surface area contributed by atoms with Crippen LogP contribution in [-0.4, -0.2) is 50.0 Å². The van der Waals surface area contributed by atoms with E-state index in [-0.39, 0.29) is 11.9 Å². The zero-order chi connectivity index (χ0) is 19.5. The Hall–Kier alpha value is -2.93. The van der Waals surface area contributed by atoms with Crippen LogP contribution in [0, 0.1) is 5.92 Å². The van der Waals surface area contributed by atoms with Crippen LogP contribution in [0.2, 0.25) is 0 Å². The Balaban J connectivity index is 1.70. The van der Waals surface area contributed by atoms with E-state index < -0.39 is 0 Å². The average Bonchev–Trinajstić information content (AvgIpc) is 3.08. The van der Waals surface area contributed by atoms with E-state index in [2.05, 4.69) is 20.9 Å². The summed E-state index contributed by atoms with van der Waals surface area (Å²) in [5, 5.41) is 11.1. The minimum Gasteiger partial charge on any atom is -0.475 e. The molecule has 1 aromatic carbocycles. The Labute approximate surface area is 163 Å². The largest absolute Gasteiger partial charge is 0.475 e. The normalized spacial score (nSPS) is 20.0. The van der Waals surface area contributed by atoms with Crippen molar-refractivity contribution in [2.75, 3.05) is 26.7 Å². The Morgan fingerprint density at radius 1 is 1.39 bits per heavy atom. The summed E-state index contributed by atoms with van der Waals surface area (Å²) < 4.78 is 5.96. The van der Waals surface area contributed by atoms with Crippen LogP contribution in [0.1, 0.15) is 28.8 Å². The first kappa shape index (κ1) is 18.4. The van der Waals surface area contributed by atoms with E-state index in [1.54, 1.807) is 6.20 Å². The summed E-state index contributed by atoms with van der Waals surface area (Å²) in [5.74, 6) is 0.944. The molecule has 2 aliphatic rings. The van der Waals surface area contributed by atoms with Gasteiger partial charge in [0, 0.05) is 55.8 Å². The first-order valence-corrected chi connectivity index (χ1v) is 9.58. The Bertz CT molecular complexity index is 937. The van der Waals surface area contributed by atoms with Crippen molar-refractivity contribution in [1.82, 2.24) is 20.9 Å². The fraction of sp³-hybridized carbons (Fsp3) is 0.381. The molecular weight excluding hydrogens is 356 g/mol. The van der Waals surface area contributed by atoms with Gasteiger partial charge >= 0.3 is 0 Å². The Kier molecular flexibility index (Phi) is 5.25. The molecular formula is C21H24N4O3. The van der Waals surface area contributed by atoms with Gasteiger partial charge in [-0.3, -0.25) is 9.59 Å². The molecule has 1 amide bonds. The van der Waals surface area contributed by atoms with Crippen molar-refractivity contribution >= 4 is 28.5 Å². The van der Waals surface area contributed by atoms with Crippen molar-refractivity contribution in [2.24, 2.45) is 5.92 Å². The predicted octanol–water partition coefficient (Wildman–Crippen LogP) is 1.48. The van der Waals surface area contributed by atoms with Crippen LogP contribution in [0.5, 0.6) is 5.88 Å². The number of ether oxygens (including phenoxy) is 1. The van der Waals surface area contributed by atoms with Crippen LogP contribution in [-0.2, 0) is 4.79 Å². The SMILES string of the molecule is CN/C=C(\c1cc2c(OCC3CCC(=O)N3)nccc2cc1C=O)C1CNC1. The first-order chi connectivity index (χ1) is 13.7. The molecule has 3 N–H and O–H groups in total. The van der Waals surface area contributed by atoms with Gasteiger partial charge in [0.1, 0.15) is 6.61 Å². The van der Waals surface area contributed by atoms with Gasteiger partial charge in [-0.25, -0.2) is 4.98 Å². The zero-order valence-electron chi connectivity index (χ0n) is 15.8. The lowest BCUT2D eigenvalue weighted by atomic mass is 9.85. The second-order valence-corrected chi connectivity index (χ2v) is 7.25. The van der Waals surface area contributed by atoms with Crippen molar-refractivity contribution in [3.05, 3.63) is 41.7 Å².